The Labute approximate surface area is 82.6 Å². The second-order valence-electron chi connectivity index (χ2n) is 3.05. The number of rotatable bonds is 0. The molecule has 5 heteroatoms. The first-order chi connectivity index (χ1) is 6.86. The zero-order valence-electron chi connectivity index (χ0n) is 7.20. The van der Waals surface area contributed by atoms with Crippen LogP contribution in [0.15, 0.2) is 11.1 Å². The summed E-state index contributed by atoms with van der Waals surface area (Å²) in [5.41, 5.74) is -0.0687. The van der Waals surface area contributed by atoms with Crippen molar-refractivity contribution in [3.8, 4) is 0 Å². The number of H-pyrrole nitrogens is 1. The van der Waals surface area contributed by atoms with Crippen molar-refractivity contribution in [1.29, 1.82) is 0 Å². The van der Waals surface area contributed by atoms with Gasteiger partial charge in [-0.25, -0.2) is 4.98 Å². The minimum Gasteiger partial charge on any atom is -0.387 e. The SMILES string of the molecule is O=c1[nH]cnc2sc3c(c12)=CNCC=3. The van der Waals surface area contributed by atoms with Crippen LogP contribution in [-0.2, 0) is 0 Å². The fraction of sp³-hybridized carbons (Fsp3) is 0.111. The number of aromatic amines is 1. The number of fused-ring (bicyclic) bond motifs is 3. The molecule has 0 spiro atoms. The van der Waals surface area contributed by atoms with Crippen LogP contribution in [0.2, 0.25) is 0 Å². The highest BCUT2D eigenvalue weighted by Gasteiger charge is 2.07. The Kier molecular flexibility index (Phi) is 1.49. The number of thiophene rings is 1. The molecule has 0 aromatic carbocycles. The molecule has 0 radical (unpaired) electrons. The topological polar surface area (TPSA) is 57.8 Å². The van der Waals surface area contributed by atoms with E-state index in [1.807, 2.05) is 6.20 Å². The number of nitrogens with one attached hydrogen (secondary N) is 2. The molecular formula is C9H7N3OS. The van der Waals surface area contributed by atoms with Crippen LogP contribution < -0.4 is 20.6 Å². The molecule has 0 amide bonds. The van der Waals surface area contributed by atoms with Gasteiger partial charge in [0, 0.05) is 22.5 Å². The van der Waals surface area contributed by atoms with Gasteiger partial charge in [0.2, 0.25) is 0 Å². The molecule has 0 fully saturated rings. The van der Waals surface area contributed by atoms with Gasteiger partial charge in [0.25, 0.3) is 5.56 Å². The zero-order valence-corrected chi connectivity index (χ0v) is 8.02. The highest BCUT2D eigenvalue weighted by Crippen LogP contribution is 2.03. The third-order valence-corrected chi connectivity index (χ3v) is 3.32. The molecule has 2 N–H and O–H groups in total. The fourth-order valence-electron chi connectivity index (χ4n) is 1.59. The molecule has 0 atom stereocenters. The number of hydrogen-bond donors (Lipinski definition) is 2. The molecule has 0 aliphatic carbocycles. The van der Waals surface area contributed by atoms with Gasteiger partial charge in [-0.3, -0.25) is 4.79 Å². The van der Waals surface area contributed by atoms with Crippen molar-refractivity contribution in [2.75, 3.05) is 6.54 Å². The van der Waals surface area contributed by atoms with Crippen LogP contribution in [0.1, 0.15) is 0 Å². The van der Waals surface area contributed by atoms with Gasteiger partial charge in [-0.15, -0.1) is 11.3 Å². The number of hydrogen-bond acceptors (Lipinski definition) is 4. The second-order valence-corrected chi connectivity index (χ2v) is 4.08. The lowest BCUT2D eigenvalue weighted by molar-refractivity contribution is 1.06. The summed E-state index contributed by atoms with van der Waals surface area (Å²) in [5.74, 6) is 0. The van der Waals surface area contributed by atoms with Gasteiger partial charge in [-0.05, 0) is 6.08 Å². The molecule has 0 unspecified atom stereocenters. The molecule has 14 heavy (non-hydrogen) atoms. The molecule has 1 aliphatic rings. The van der Waals surface area contributed by atoms with Crippen LogP contribution in [0.3, 0.4) is 0 Å². The first kappa shape index (κ1) is 7.75. The van der Waals surface area contributed by atoms with Crippen LogP contribution in [0, 0.1) is 0 Å². The molecule has 2 aromatic rings. The normalized spacial score (nSPS) is 14.0. The summed E-state index contributed by atoms with van der Waals surface area (Å²) in [6.45, 7) is 0.817. The molecule has 3 heterocycles. The van der Waals surface area contributed by atoms with Gasteiger partial charge in [-0.1, -0.05) is 0 Å². The largest absolute Gasteiger partial charge is 0.387 e. The van der Waals surface area contributed by atoms with Gasteiger partial charge in [0.15, 0.2) is 0 Å². The molecule has 0 saturated carbocycles. The zero-order chi connectivity index (χ0) is 9.54. The molecule has 0 bridgehead atoms. The Morgan fingerprint density at radius 1 is 1.50 bits per heavy atom. The molecule has 2 aromatic heterocycles. The van der Waals surface area contributed by atoms with Gasteiger partial charge in [-0.2, -0.15) is 0 Å². The minimum absolute atomic E-state index is 0.0687. The third kappa shape index (κ3) is 0.927. The Balaban J connectivity index is 2.71. The monoisotopic (exact) mass is 205 g/mol. The van der Waals surface area contributed by atoms with E-state index in [9.17, 15) is 4.79 Å². The van der Waals surface area contributed by atoms with Crippen LogP contribution in [0.5, 0.6) is 0 Å². The highest BCUT2D eigenvalue weighted by atomic mass is 32.1. The summed E-state index contributed by atoms with van der Waals surface area (Å²) in [6, 6.07) is 0. The maximum atomic E-state index is 11.6. The van der Waals surface area contributed by atoms with E-state index in [4.69, 9.17) is 0 Å². The van der Waals surface area contributed by atoms with E-state index in [1.165, 1.54) is 6.33 Å². The molecule has 0 saturated heterocycles. The highest BCUT2D eigenvalue weighted by molar-refractivity contribution is 7.16. The van der Waals surface area contributed by atoms with Gasteiger partial charge in [0.1, 0.15) is 4.83 Å². The maximum Gasteiger partial charge on any atom is 0.260 e. The Morgan fingerprint density at radius 3 is 3.36 bits per heavy atom. The van der Waals surface area contributed by atoms with E-state index >= 15 is 0 Å². The van der Waals surface area contributed by atoms with Crippen molar-refractivity contribution in [3.63, 3.8) is 0 Å². The van der Waals surface area contributed by atoms with Crippen LogP contribution in [-0.4, -0.2) is 16.5 Å². The molecule has 3 rings (SSSR count). The van der Waals surface area contributed by atoms with Crippen molar-refractivity contribution in [3.05, 3.63) is 26.4 Å². The van der Waals surface area contributed by atoms with Crippen molar-refractivity contribution in [2.45, 2.75) is 0 Å². The molecule has 1 aliphatic heterocycles. The second kappa shape index (κ2) is 2.68. The lowest BCUT2D eigenvalue weighted by Gasteiger charge is -1.96. The van der Waals surface area contributed by atoms with E-state index in [0.717, 1.165) is 21.1 Å². The summed E-state index contributed by atoms with van der Waals surface area (Å²) in [6.07, 6.45) is 5.40. The average molecular weight is 205 g/mol. The first-order valence-electron chi connectivity index (χ1n) is 4.26. The minimum atomic E-state index is -0.0687. The van der Waals surface area contributed by atoms with Crippen LogP contribution in [0.25, 0.3) is 22.5 Å². The first-order valence-corrected chi connectivity index (χ1v) is 5.08. The summed E-state index contributed by atoms with van der Waals surface area (Å²) in [4.78, 5) is 19.1. The van der Waals surface area contributed by atoms with Gasteiger partial charge >= 0.3 is 0 Å². The number of aromatic nitrogens is 2. The van der Waals surface area contributed by atoms with Gasteiger partial charge < -0.3 is 10.3 Å². The average Bonchev–Trinajstić information content (AvgIpc) is 2.57. The molecule has 4 nitrogen and oxygen atoms in total. The lowest BCUT2D eigenvalue weighted by atomic mass is 10.3. The van der Waals surface area contributed by atoms with E-state index in [2.05, 4.69) is 21.4 Å². The van der Waals surface area contributed by atoms with Crippen molar-refractivity contribution in [2.24, 2.45) is 0 Å². The Hall–Kier alpha value is -1.62. The van der Waals surface area contributed by atoms with Crippen molar-refractivity contribution in [1.82, 2.24) is 15.3 Å². The van der Waals surface area contributed by atoms with Gasteiger partial charge in [0.05, 0.1) is 11.7 Å². The number of nitrogens with zero attached hydrogens (tertiary/aromatic N) is 1. The third-order valence-electron chi connectivity index (χ3n) is 2.21. The fourth-order valence-corrected chi connectivity index (χ4v) is 2.64. The maximum absolute atomic E-state index is 11.6. The lowest BCUT2D eigenvalue weighted by Crippen LogP contribution is -2.31. The summed E-state index contributed by atoms with van der Waals surface area (Å²) >= 11 is 1.56. The van der Waals surface area contributed by atoms with Crippen molar-refractivity contribution < 1.29 is 0 Å². The molecule has 70 valence electrons. The van der Waals surface area contributed by atoms with E-state index in [1.54, 1.807) is 11.3 Å². The Bertz CT molecular complexity index is 667. The van der Waals surface area contributed by atoms with Crippen molar-refractivity contribution >= 4 is 33.8 Å². The van der Waals surface area contributed by atoms with E-state index < -0.39 is 0 Å². The van der Waals surface area contributed by atoms with Crippen LogP contribution >= 0.6 is 11.3 Å². The smallest absolute Gasteiger partial charge is 0.260 e. The summed E-state index contributed by atoms with van der Waals surface area (Å²) in [5, 5.41) is 4.75. The summed E-state index contributed by atoms with van der Waals surface area (Å²) in [7, 11) is 0. The van der Waals surface area contributed by atoms with E-state index in [0.29, 0.717) is 5.39 Å². The van der Waals surface area contributed by atoms with Crippen LogP contribution in [0.4, 0.5) is 0 Å². The standard InChI is InChI=1S/C9H7N3OS/c13-8-7-5-3-10-2-1-6(5)14-9(7)12-4-11-8/h1,3-4,10H,2H2,(H,11,12,13). The molecular weight excluding hydrogens is 198 g/mol. The Morgan fingerprint density at radius 2 is 2.43 bits per heavy atom. The summed E-state index contributed by atoms with van der Waals surface area (Å²) < 4.78 is 1.13. The predicted octanol–water partition coefficient (Wildman–Crippen LogP) is -0.894. The predicted molar refractivity (Wildman–Crippen MR) is 56.4 cm³/mol. The quantitative estimate of drug-likeness (QED) is 0.586. The van der Waals surface area contributed by atoms with E-state index in [-0.39, 0.29) is 5.56 Å².